The molecule has 0 amide bonds. The number of hydrogen-bond donors (Lipinski definition) is 1. The van der Waals surface area contributed by atoms with Crippen molar-refractivity contribution in [1.82, 2.24) is 5.32 Å². The lowest BCUT2D eigenvalue weighted by Gasteiger charge is -2.14. The maximum Gasteiger partial charge on any atom is 0.205 e. The standard InChI is InChI=1S/C18H18FNO3S/c19-15-9-13(22-11-12-7-8-20-10-12)5-6-14(15)18-23-16-3-1-2-4-17(16)24(18)21/h1-6,9,12,18,20H,7-8,10-11H2/t12-,18?,24?/m1/s1. The first kappa shape index (κ1) is 15.6. The molecule has 0 spiro atoms. The number of rotatable bonds is 4. The van der Waals surface area contributed by atoms with Crippen LogP contribution >= 0.6 is 0 Å². The van der Waals surface area contributed by atoms with Crippen molar-refractivity contribution in [1.29, 1.82) is 0 Å². The minimum atomic E-state index is -1.42. The predicted molar refractivity (Wildman–Crippen MR) is 89.1 cm³/mol. The van der Waals surface area contributed by atoms with Crippen molar-refractivity contribution in [3.63, 3.8) is 0 Å². The molecule has 0 radical (unpaired) electrons. The van der Waals surface area contributed by atoms with Gasteiger partial charge < -0.3 is 14.8 Å². The lowest BCUT2D eigenvalue weighted by Crippen LogP contribution is -2.15. The first-order chi connectivity index (χ1) is 11.7. The molecule has 2 aromatic carbocycles. The zero-order valence-corrected chi connectivity index (χ0v) is 13.9. The third kappa shape index (κ3) is 2.91. The number of hydrogen-bond acceptors (Lipinski definition) is 4. The Bertz CT molecular complexity index is 777. The van der Waals surface area contributed by atoms with E-state index in [0.717, 1.165) is 19.5 Å². The number of para-hydroxylation sites is 1. The molecule has 1 saturated heterocycles. The highest BCUT2D eigenvalue weighted by Crippen LogP contribution is 2.41. The van der Waals surface area contributed by atoms with Crippen LogP contribution in [0.2, 0.25) is 0 Å². The molecule has 1 N–H and O–H groups in total. The van der Waals surface area contributed by atoms with Crippen LogP contribution in [0.1, 0.15) is 17.4 Å². The highest BCUT2D eigenvalue weighted by Gasteiger charge is 2.34. The fourth-order valence-electron chi connectivity index (χ4n) is 3.03. The first-order valence-electron chi connectivity index (χ1n) is 8.01. The van der Waals surface area contributed by atoms with Crippen molar-refractivity contribution in [2.75, 3.05) is 19.7 Å². The Morgan fingerprint density at radius 2 is 2.17 bits per heavy atom. The van der Waals surface area contributed by atoms with Gasteiger partial charge in [0.1, 0.15) is 28.1 Å². The molecular weight excluding hydrogens is 329 g/mol. The lowest BCUT2D eigenvalue weighted by atomic mass is 10.1. The molecule has 3 atom stereocenters. The van der Waals surface area contributed by atoms with Gasteiger partial charge in [-0.3, -0.25) is 0 Å². The lowest BCUT2D eigenvalue weighted by molar-refractivity contribution is 0.257. The molecular formula is C18H18FNO3S. The molecule has 6 heteroatoms. The normalized spacial score (nSPS) is 25.3. The molecule has 2 aliphatic heterocycles. The topological polar surface area (TPSA) is 47.6 Å². The molecule has 0 saturated carbocycles. The fraction of sp³-hybridized carbons (Fsp3) is 0.333. The molecule has 0 aliphatic carbocycles. The summed E-state index contributed by atoms with van der Waals surface area (Å²) in [4.78, 5) is 0.607. The summed E-state index contributed by atoms with van der Waals surface area (Å²) in [5.74, 6) is 1.05. The quantitative estimate of drug-likeness (QED) is 0.924. The summed E-state index contributed by atoms with van der Waals surface area (Å²) in [7, 11) is -1.42. The number of nitrogens with one attached hydrogen (secondary N) is 1. The first-order valence-corrected chi connectivity index (χ1v) is 9.23. The van der Waals surface area contributed by atoms with Gasteiger partial charge in [0.15, 0.2) is 0 Å². The minimum Gasteiger partial charge on any atom is -0.493 e. The van der Waals surface area contributed by atoms with Crippen LogP contribution in [0.15, 0.2) is 47.4 Å². The van der Waals surface area contributed by atoms with E-state index >= 15 is 0 Å². The average molecular weight is 347 g/mol. The molecule has 1 fully saturated rings. The Hall–Kier alpha value is -1.92. The van der Waals surface area contributed by atoms with Crippen LogP contribution in [0, 0.1) is 11.7 Å². The fourth-order valence-corrected chi connectivity index (χ4v) is 4.40. The van der Waals surface area contributed by atoms with E-state index in [1.807, 2.05) is 6.07 Å². The number of ether oxygens (including phenoxy) is 2. The Balaban J connectivity index is 1.49. The van der Waals surface area contributed by atoms with Crippen molar-refractivity contribution in [3.8, 4) is 11.5 Å². The van der Waals surface area contributed by atoms with Gasteiger partial charge in [-0.05, 0) is 37.2 Å². The number of fused-ring (bicyclic) bond motifs is 1. The average Bonchev–Trinajstić information content (AvgIpc) is 3.22. The Kier molecular flexibility index (Phi) is 4.24. The van der Waals surface area contributed by atoms with E-state index in [2.05, 4.69) is 5.32 Å². The second kappa shape index (κ2) is 6.53. The molecule has 4 nitrogen and oxygen atoms in total. The summed E-state index contributed by atoms with van der Waals surface area (Å²) in [5.41, 5.74) is -0.519. The van der Waals surface area contributed by atoms with Crippen molar-refractivity contribution >= 4 is 10.8 Å². The third-order valence-electron chi connectivity index (χ3n) is 4.37. The summed E-state index contributed by atoms with van der Waals surface area (Å²) in [5, 5.41) is 3.28. The van der Waals surface area contributed by atoms with Crippen molar-refractivity contribution in [3.05, 3.63) is 53.8 Å². The zero-order valence-electron chi connectivity index (χ0n) is 13.0. The van der Waals surface area contributed by atoms with E-state index in [1.54, 1.807) is 30.3 Å². The second-order valence-electron chi connectivity index (χ2n) is 6.05. The Morgan fingerprint density at radius 1 is 1.29 bits per heavy atom. The summed E-state index contributed by atoms with van der Waals surface area (Å²) >= 11 is 0. The molecule has 2 unspecified atom stereocenters. The second-order valence-corrected chi connectivity index (χ2v) is 7.51. The highest BCUT2D eigenvalue weighted by molar-refractivity contribution is 7.85. The van der Waals surface area contributed by atoms with Gasteiger partial charge in [-0.2, -0.15) is 0 Å². The van der Waals surface area contributed by atoms with E-state index < -0.39 is 22.1 Å². The van der Waals surface area contributed by atoms with E-state index in [-0.39, 0.29) is 0 Å². The number of halogens is 1. The van der Waals surface area contributed by atoms with Gasteiger partial charge in [0, 0.05) is 24.1 Å². The molecule has 24 heavy (non-hydrogen) atoms. The zero-order chi connectivity index (χ0) is 16.5. The monoisotopic (exact) mass is 347 g/mol. The van der Waals surface area contributed by atoms with Gasteiger partial charge in [-0.1, -0.05) is 12.1 Å². The van der Waals surface area contributed by atoms with Crippen LogP contribution in [-0.2, 0) is 10.8 Å². The summed E-state index contributed by atoms with van der Waals surface area (Å²) in [6.07, 6.45) is 1.08. The minimum absolute atomic E-state index is 0.291. The summed E-state index contributed by atoms with van der Waals surface area (Å²) in [6.45, 7) is 2.52. The highest BCUT2D eigenvalue weighted by atomic mass is 32.2. The van der Waals surface area contributed by atoms with E-state index in [9.17, 15) is 8.60 Å². The summed E-state index contributed by atoms with van der Waals surface area (Å²) < 4.78 is 38.4. The van der Waals surface area contributed by atoms with Crippen LogP contribution < -0.4 is 14.8 Å². The van der Waals surface area contributed by atoms with Crippen LogP contribution in [0.5, 0.6) is 11.5 Å². The Labute approximate surface area is 142 Å². The predicted octanol–water partition coefficient (Wildman–Crippen LogP) is 3.01. The van der Waals surface area contributed by atoms with Crippen molar-refractivity contribution in [2.45, 2.75) is 16.8 Å². The van der Waals surface area contributed by atoms with E-state index in [0.29, 0.717) is 34.5 Å². The van der Waals surface area contributed by atoms with Gasteiger partial charge >= 0.3 is 0 Å². The molecule has 2 heterocycles. The maximum absolute atomic E-state index is 14.5. The number of benzene rings is 2. The molecule has 2 aliphatic rings. The van der Waals surface area contributed by atoms with Gasteiger partial charge in [-0.15, -0.1) is 0 Å². The van der Waals surface area contributed by atoms with E-state index in [4.69, 9.17) is 9.47 Å². The van der Waals surface area contributed by atoms with E-state index in [1.165, 1.54) is 6.07 Å². The van der Waals surface area contributed by atoms with Gasteiger partial charge in [0.2, 0.25) is 5.44 Å². The maximum atomic E-state index is 14.5. The smallest absolute Gasteiger partial charge is 0.205 e. The van der Waals surface area contributed by atoms with Gasteiger partial charge in [0.25, 0.3) is 0 Å². The summed E-state index contributed by atoms with van der Waals surface area (Å²) in [6, 6.07) is 11.8. The third-order valence-corrected chi connectivity index (χ3v) is 5.88. The SMILES string of the molecule is O=S1c2ccccc2OC1c1ccc(OC[C@@H]2CCNC2)cc1F. The van der Waals surface area contributed by atoms with Crippen molar-refractivity contribution < 1.29 is 18.1 Å². The van der Waals surface area contributed by atoms with Crippen LogP contribution in [0.3, 0.4) is 0 Å². The molecule has 0 bridgehead atoms. The largest absolute Gasteiger partial charge is 0.493 e. The van der Waals surface area contributed by atoms with Crippen LogP contribution in [0.4, 0.5) is 4.39 Å². The molecule has 126 valence electrons. The molecule has 0 aromatic heterocycles. The Morgan fingerprint density at radius 3 is 2.92 bits per heavy atom. The van der Waals surface area contributed by atoms with Gasteiger partial charge in [-0.25, -0.2) is 8.60 Å². The van der Waals surface area contributed by atoms with Crippen LogP contribution in [0.25, 0.3) is 0 Å². The molecule has 2 aromatic rings. The molecule has 4 rings (SSSR count). The van der Waals surface area contributed by atoms with Crippen molar-refractivity contribution in [2.24, 2.45) is 5.92 Å². The van der Waals surface area contributed by atoms with Gasteiger partial charge in [0.05, 0.1) is 11.5 Å². The van der Waals surface area contributed by atoms with Crippen LogP contribution in [-0.4, -0.2) is 23.9 Å².